The number of fused-ring (bicyclic) bond motifs is 1. The van der Waals surface area contributed by atoms with Crippen LogP contribution in [0.25, 0.3) is 10.2 Å². The Hall–Kier alpha value is -2.81. The predicted molar refractivity (Wildman–Crippen MR) is 180 cm³/mol. The second-order valence-corrected chi connectivity index (χ2v) is 13.5. The van der Waals surface area contributed by atoms with Crippen molar-refractivity contribution in [2.24, 2.45) is 22.9 Å². The third kappa shape index (κ3) is 9.11. The molecule has 0 saturated heterocycles. The number of aldehydes is 1. The quantitative estimate of drug-likeness (QED) is 0.0696. The van der Waals surface area contributed by atoms with Crippen LogP contribution < -0.4 is 9.75 Å². The van der Waals surface area contributed by atoms with Gasteiger partial charge in [0.05, 0.1) is 49.4 Å². The van der Waals surface area contributed by atoms with Crippen molar-refractivity contribution in [3.63, 3.8) is 0 Å². The molecule has 0 radical (unpaired) electrons. The maximum absolute atomic E-state index is 11.2. The Morgan fingerprint density at radius 1 is 0.977 bits per heavy atom. The van der Waals surface area contributed by atoms with Gasteiger partial charge in [0.1, 0.15) is 12.0 Å². The standard InChI is InChI=1S/C36H49N3O4S/c1-3-6-27-13-15-30(16-14-27)31-17-18-34(43-26-29-11-9-28(25-40)10-12-29)32(23-31)24-37-39(19-20-42-22-21-41-2)36-38-33-7-4-5-8-35(33)44-36/h4-5,7-8,17-18,23-25,27-30H,3,6,9-16,19-22,26H2,1-2H3/b37-24+. The van der Waals surface area contributed by atoms with Gasteiger partial charge in [-0.15, -0.1) is 0 Å². The molecule has 0 unspecified atom stereocenters. The highest BCUT2D eigenvalue weighted by Gasteiger charge is 2.24. The second kappa shape index (κ2) is 17.0. The molecule has 0 spiro atoms. The van der Waals surface area contributed by atoms with Crippen LogP contribution in [0.15, 0.2) is 47.6 Å². The summed E-state index contributed by atoms with van der Waals surface area (Å²) in [6, 6.07) is 14.9. The monoisotopic (exact) mass is 619 g/mol. The number of thiazole rings is 1. The Labute approximate surface area is 267 Å². The third-order valence-electron chi connectivity index (χ3n) is 9.33. The number of aromatic nitrogens is 1. The molecular formula is C36H49N3O4S. The normalized spacial score (nSPS) is 22.4. The molecule has 44 heavy (non-hydrogen) atoms. The molecule has 238 valence electrons. The molecule has 5 rings (SSSR count). The van der Waals surface area contributed by atoms with Crippen LogP contribution in [0.2, 0.25) is 0 Å². The first-order chi connectivity index (χ1) is 21.7. The number of carbonyl (C=O) groups is 1. The van der Waals surface area contributed by atoms with Gasteiger partial charge in [0, 0.05) is 18.6 Å². The predicted octanol–water partition coefficient (Wildman–Crippen LogP) is 8.26. The van der Waals surface area contributed by atoms with Crippen LogP contribution in [-0.4, -0.2) is 57.6 Å². The molecule has 1 heterocycles. The zero-order valence-electron chi connectivity index (χ0n) is 26.5. The van der Waals surface area contributed by atoms with E-state index < -0.39 is 0 Å². The van der Waals surface area contributed by atoms with E-state index in [4.69, 9.17) is 24.3 Å². The zero-order valence-corrected chi connectivity index (χ0v) is 27.3. The van der Waals surface area contributed by atoms with Crippen LogP contribution in [0.3, 0.4) is 0 Å². The fraction of sp³-hybridized carbons (Fsp3) is 0.583. The number of hydrazone groups is 1. The molecule has 0 amide bonds. The summed E-state index contributed by atoms with van der Waals surface area (Å²) in [4.78, 5) is 16.1. The minimum atomic E-state index is 0.215. The van der Waals surface area contributed by atoms with Crippen molar-refractivity contribution in [1.29, 1.82) is 0 Å². The van der Waals surface area contributed by atoms with Crippen molar-refractivity contribution in [1.82, 2.24) is 4.98 Å². The van der Waals surface area contributed by atoms with Crippen molar-refractivity contribution in [3.8, 4) is 5.75 Å². The smallest absolute Gasteiger partial charge is 0.207 e. The number of anilines is 1. The molecule has 2 aliphatic carbocycles. The Balaban J connectivity index is 1.36. The molecule has 0 aliphatic heterocycles. The van der Waals surface area contributed by atoms with E-state index in [-0.39, 0.29) is 5.92 Å². The summed E-state index contributed by atoms with van der Waals surface area (Å²) in [7, 11) is 1.68. The molecule has 0 N–H and O–H groups in total. The van der Waals surface area contributed by atoms with Gasteiger partial charge in [0.25, 0.3) is 0 Å². The minimum absolute atomic E-state index is 0.215. The van der Waals surface area contributed by atoms with Crippen molar-refractivity contribution < 1.29 is 19.0 Å². The van der Waals surface area contributed by atoms with Crippen LogP contribution in [0.1, 0.15) is 88.2 Å². The van der Waals surface area contributed by atoms with Crippen LogP contribution >= 0.6 is 11.3 Å². The summed E-state index contributed by atoms with van der Waals surface area (Å²) in [5, 5.41) is 7.80. The van der Waals surface area contributed by atoms with E-state index in [0.29, 0.717) is 44.8 Å². The molecule has 1 aromatic heterocycles. The summed E-state index contributed by atoms with van der Waals surface area (Å²) in [6.45, 7) is 5.18. The number of rotatable bonds is 16. The van der Waals surface area contributed by atoms with E-state index in [1.165, 1.54) is 44.1 Å². The van der Waals surface area contributed by atoms with E-state index in [2.05, 4.69) is 31.2 Å². The first-order valence-corrected chi connectivity index (χ1v) is 17.4. The average Bonchev–Trinajstić information content (AvgIpc) is 3.50. The number of nitrogens with zero attached hydrogens (tertiary/aromatic N) is 3. The fourth-order valence-electron chi connectivity index (χ4n) is 6.64. The van der Waals surface area contributed by atoms with Gasteiger partial charge in [-0.25, -0.2) is 9.99 Å². The van der Waals surface area contributed by atoms with E-state index in [1.54, 1.807) is 18.4 Å². The first kappa shape index (κ1) is 32.6. The first-order valence-electron chi connectivity index (χ1n) is 16.6. The van der Waals surface area contributed by atoms with Gasteiger partial charge in [-0.3, -0.25) is 0 Å². The van der Waals surface area contributed by atoms with Gasteiger partial charge in [-0.05, 0) is 98.9 Å². The van der Waals surface area contributed by atoms with Gasteiger partial charge in [0.15, 0.2) is 0 Å². The van der Waals surface area contributed by atoms with Gasteiger partial charge >= 0.3 is 0 Å². The average molecular weight is 620 g/mol. The van der Waals surface area contributed by atoms with Gasteiger partial charge in [0.2, 0.25) is 5.13 Å². The highest BCUT2D eigenvalue weighted by atomic mass is 32.1. The zero-order chi connectivity index (χ0) is 30.6. The maximum Gasteiger partial charge on any atom is 0.207 e. The minimum Gasteiger partial charge on any atom is -0.493 e. The summed E-state index contributed by atoms with van der Waals surface area (Å²) in [6.07, 6.45) is 14.9. The number of hydrogen-bond donors (Lipinski definition) is 0. The number of methoxy groups -OCH3 is 1. The van der Waals surface area contributed by atoms with E-state index in [0.717, 1.165) is 64.5 Å². The van der Waals surface area contributed by atoms with Crippen LogP contribution in [0.4, 0.5) is 5.13 Å². The van der Waals surface area contributed by atoms with Crippen LogP contribution in [0, 0.1) is 17.8 Å². The van der Waals surface area contributed by atoms with Crippen molar-refractivity contribution >= 4 is 39.2 Å². The lowest BCUT2D eigenvalue weighted by Crippen LogP contribution is -2.23. The molecule has 0 bridgehead atoms. The van der Waals surface area contributed by atoms with Crippen molar-refractivity contribution in [3.05, 3.63) is 53.6 Å². The molecule has 3 aromatic rings. The Morgan fingerprint density at radius 2 is 1.77 bits per heavy atom. The van der Waals surface area contributed by atoms with Crippen LogP contribution in [0.5, 0.6) is 5.75 Å². The highest BCUT2D eigenvalue weighted by Crippen LogP contribution is 2.39. The van der Waals surface area contributed by atoms with Gasteiger partial charge < -0.3 is 19.0 Å². The van der Waals surface area contributed by atoms with Gasteiger partial charge in [-0.1, -0.05) is 49.3 Å². The summed E-state index contributed by atoms with van der Waals surface area (Å²) in [5.74, 6) is 3.02. The molecular weight excluding hydrogens is 570 g/mol. The Bertz CT molecular complexity index is 1290. The number of ether oxygens (including phenoxy) is 3. The SMILES string of the molecule is CCCC1CCC(c2ccc(OCC3CCC(C=O)CC3)c(/C=N/N(CCOCCOC)c3nc4ccccc4s3)c2)CC1. The fourth-order valence-corrected chi connectivity index (χ4v) is 7.59. The van der Waals surface area contributed by atoms with Crippen molar-refractivity contribution in [2.45, 2.75) is 77.0 Å². The number of carbonyl (C=O) groups excluding carboxylic acids is 1. The molecule has 7 nitrogen and oxygen atoms in total. The topological polar surface area (TPSA) is 73.2 Å². The molecule has 2 saturated carbocycles. The largest absolute Gasteiger partial charge is 0.493 e. The summed E-state index contributed by atoms with van der Waals surface area (Å²) >= 11 is 1.64. The Morgan fingerprint density at radius 3 is 2.52 bits per heavy atom. The van der Waals surface area contributed by atoms with E-state index in [1.807, 2.05) is 29.4 Å². The lowest BCUT2D eigenvalue weighted by atomic mass is 9.77. The molecule has 0 atom stereocenters. The Kier molecular flexibility index (Phi) is 12.6. The van der Waals surface area contributed by atoms with E-state index in [9.17, 15) is 4.79 Å². The van der Waals surface area contributed by atoms with Crippen molar-refractivity contribution in [2.75, 3.05) is 45.1 Å². The number of benzene rings is 2. The number of hydrogen-bond acceptors (Lipinski definition) is 8. The molecule has 2 fully saturated rings. The summed E-state index contributed by atoms with van der Waals surface area (Å²) < 4.78 is 18.6. The van der Waals surface area contributed by atoms with Gasteiger partial charge in [-0.2, -0.15) is 5.10 Å². The second-order valence-electron chi connectivity index (χ2n) is 12.5. The van der Waals surface area contributed by atoms with E-state index >= 15 is 0 Å². The molecule has 8 heteroatoms. The molecule has 2 aliphatic rings. The third-order valence-corrected chi connectivity index (χ3v) is 10.4. The molecule has 2 aromatic carbocycles. The maximum atomic E-state index is 11.2. The highest BCUT2D eigenvalue weighted by molar-refractivity contribution is 7.22. The van der Waals surface area contributed by atoms with Crippen LogP contribution in [-0.2, 0) is 14.3 Å². The lowest BCUT2D eigenvalue weighted by Gasteiger charge is -2.29. The summed E-state index contributed by atoms with van der Waals surface area (Å²) in [5.41, 5.74) is 3.36. The number of para-hydroxylation sites is 1. The lowest BCUT2D eigenvalue weighted by molar-refractivity contribution is -0.112.